The van der Waals surface area contributed by atoms with Gasteiger partial charge >= 0.3 is 0 Å². The Kier molecular flexibility index (Phi) is 3.92. The average molecular weight is 360 g/mol. The van der Waals surface area contributed by atoms with Gasteiger partial charge < -0.3 is 15.7 Å². The van der Waals surface area contributed by atoms with Crippen LogP contribution in [0, 0.1) is 0 Å². The van der Waals surface area contributed by atoms with Crippen molar-refractivity contribution in [1.29, 1.82) is 0 Å². The zero-order valence-electron chi connectivity index (χ0n) is 12.7. The normalized spacial score (nSPS) is 13.0. The summed E-state index contributed by atoms with van der Waals surface area (Å²) in [5.74, 6) is 1.65. The molecule has 4 N–H and O–H groups in total. The van der Waals surface area contributed by atoms with E-state index in [1.54, 1.807) is 0 Å². The number of hydrogen-bond acceptors (Lipinski definition) is 3. The van der Waals surface area contributed by atoms with E-state index in [4.69, 9.17) is 28.9 Å². The molecule has 2 heterocycles. The summed E-state index contributed by atoms with van der Waals surface area (Å²) < 4.78 is 0. The van der Waals surface area contributed by atoms with Gasteiger partial charge in [-0.2, -0.15) is 0 Å². The lowest BCUT2D eigenvalue weighted by Gasteiger charge is -2.06. The van der Waals surface area contributed by atoms with Crippen LogP contribution in [0.1, 0.15) is 24.1 Å². The molecule has 0 saturated heterocycles. The fourth-order valence-electron chi connectivity index (χ4n) is 2.76. The van der Waals surface area contributed by atoms with Gasteiger partial charge in [0.15, 0.2) is 0 Å². The summed E-state index contributed by atoms with van der Waals surface area (Å²) in [6, 6.07) is 11.0. The van der Waals surface area contributed by atoms with E-state index in [-0.39, 0.29) is 6.04 Å². The minimum Gasteiger partial charge on any atom is -0.342 e. The first-order chi connectivity index (χ1) is 11.6. The van der Waals surface area contributed by atoms with Gasteiger partial charge in [-0.05, 0) is 42.8 Å². The van der Waals surface area contributed by atoms with E-state index in [1.165, 1.54) is 0 Å². The van der Waals surface area contributed by atoms with Gasteiger partial charge in [0.1, 0.15) is 11.6 Å². The molecule has 0 spiro atoms. The number of halogens is 2. The molecule has 122 valence electrons. The van der Waals surface area contributed by atoms with Gasteiger partial charge in [0.2, 0.25) is 0 Å². The van der Waals surface area contributed by atoms with Crippen molar-refractivity contribution in [1.82, 2.24) is 19.9 Å². The molecule has 5 nitrogen and oxygen atoms in total. The molecular weight excluding hydrogens is 345 g/mol. The van der Waals surface area contributed by atoms with Crippen LogP contribution in [0.3, 0.4) is 0 Å². The first kappa shape index (κ1) is 15.4. The molecule has 0 aliphatic heterocycles. The van der Waals surface area contributed by atoms with E-state index in [9.17, 15) is 0 Å². The number of rotatable bonds is 4. The highest BCUT2D eigenvalue weighted by Crippen LogP contribution is 2.22. The molecule has 4 aromatic rings. The third kappa shape index (κ3) is 2.98. The second-order valence-corrected chi connectivity index (χ2v) is 6.65. The number of aromatic nitrogens is 4. The van der Waals surface area contributed by atoms with E-state index in [0.717, 1.165) is 46.6 Å². The first-order valence-electron chi connectivity index (χ1n) is 7.63. The largest absolute Gasteiger partial charge is 0.342 e. The number of imidazole rings is 2. The Morgan fingerprint density at radius 1 is 0.917 bits per heavy atom. The Morgan fingerprint density at radius 3 is 2.25 bits per heavy atom. The minimum absolute atomic E-state index is 0.201. The molecule has 1 atom stereocenters. The maximum absolute atomic E-state index is 6.27. The molecule has 0 aliphatic carbocycles. The molecule has 0 radical (unpaired) electrons. The number of nitrogens with zero attached hydrogens (tertiary/aromatic N) is 2. The molecule has 24 heavy (non-hydrogen) atoms. The van der Waals surface area contributed by atoms with Crippen LogP contribution in [-0.2, 0) is 6.42 Å². The van der Waals surface area contributed by atoms with E-state index >= 15 is 0 Å². The van der Waals surface area contributed by atoms with Crippen LogP contribution in [0.5, 0.6) is 0 Å². The lowest BCUT2D eigenvalue weighted by atomic mass is 10.1. The standard InChI is InChI=1S/C17H15Cl2N5/c18-9-1-4-12-14(7-9)22-16(21-12)6-3-11(20)17-23-13-5-2-10(19)8-15(13)24-17/h1-2,4-5,7-8,11H,3,6,20H2,(H,21,22)(H,23,24)/t11-/m0/s1. The summed E-state index contributed by atoms with van der Waals surface area (Å²) in [4.78, 5) is 15.6. The van der Waals surface area contributed by atoms with Crippen LogP contribution in [0.25, 0.3) is 22.1 Å². The number of fused-ring (bicyclic) bond motifs is 2. The number of aromatic amines is 2. The summed E-state index contributed by atoms with van der Waals surface area (Å²) in [6.07, 6.45) is 1.45. The number of benzene rings is 2. The number of hydrogen-bond donors (Lipinski definition) is 3. The second kappa shape index (κ2) is 6.09. The lowest BCUT2D eigenvalue weighted by molar-refractivity contribution is 0.611. The summed E-state index contributed by atoms with van der Waals surface area (Å²) in [6.45, 7) is 0. The van der Waals surface area contributed by atoms with Gasteiger partial charge in [0.25, 0.3) is 0 Å². The van der Waals surface area contributed by atoms with Crippen molar-refractivity contribution < 1.29 is 0 Å². The van der Waals surface area contributed by atoms with Crippen molar-refractivity contribution in [2.45, 2.75) is 18.9 Å². The topological polar surface area (TPSA) is 83.4 Å². The van der Waals surface area contributed by atoms with Crippen LogP contribution in [0.4, 0.5) is 0 Å². The van der Waals surface area contributed by atoms with Crippen molar-refractivity contribution >= 4 is 45.3 Å². The van der Waals surface area contributed by atoms with E-state index in [2.05, 4.69) is 19.9 Å². The first-order valence-corrected chi connectivity index (χ1v) is 8.39. The number of aryl methyl sites for hydroxylation is 1. The molecule has 0 fully saturated rings. The lowest BCUT2D eigenvalue weighted by Crippen LogP contribution is -2.13. The van der Waals surface area contributed by atoms with Crippen LogP contribution in [0.2, 0.25) is 10.0 Å². The van der Waals surface area contributed by atoms with Crippen molar-refractivity contribution in [2.24, 2.45) is 5.73 Å². The fraction of sp³-hybridized carbons (Fsp3) is 0.176. The van der Waals surface area contributed by atoms with Crippen molar-refractivity contribution in [3.05, 3.63) is 58.1 Å². The molecule has 0 unspecified atom stereocenters. The van der Waals surface area contributed by atoms with Gasteiger partial charge in [0, 0.05) is 16.5 Å². The zero-order chi connectivity index (χ0) is 16.7. The Balaban J connectivity index is 1.50. The highest BCUT2D eigenvalue weighted by atomic mass is 35.5. The summed E-state index contributed by atoms with van der Waals surface area (Å²) in [7, 11) is 0. The molecule has 0 aliphatic rings. The molecule has 0 amide bonds. The van der Waals surface area contributed by atoms with Crippen LogP contribution in [-0.4, -0.2) is 19.9 Å². The summed E-state index contributed by atoms with van der Waals surface area (Å²) in [5, 5.41) is 1.36. The predicted molar refractivity (Wildman–Crippen MR) is 97.5 cm³/mol. The SMILES string of the molecule is N[C@@H](CCc1nc2ccc(Cl)cc2[nH]1)c1nc2ccc(Cl)cc2[nH]1. The zero-order valence-corrected chi connectivity index (χ0v) is 14.2. The average Bonchev–Trinajstić information content (AvgIpc) is 3.15. The quantitative estimate of drug-likeness (QED) is 0.505. The Hall–Kier alpha value is -2.08. The number of nitrogens with one attached hydrogen (secondary N) is 2. The third-order valence-corrected chi connectivity index (χ3v) is 4.47. The van der Waals surface area contributed by atoms with E-state index in [0.29, 0.717) is 10.0 Å². The number of H-pyrrole nitrogens is 2. The molecule has 7 heteroatoms. The van der Waals surface area contributed by atoms with E-state index < -0.39 is 0 Å². The minimum atomic E-state index is -0.201. The Morgan fingerprint density at radius 2 is 1.54 bits per heavy atom. The van der Waals surface area contributed by atoms with Crippen molar-refractivity contribution in [2.75, 3.05) is 0 Å². The Bertz CT molecular complexity index is 1020. The van der Waals surface area contributed by atoms with Crippen LogP contribution in [0.15, 0.2) is 36.4 Å². The van der Waals surface area contributed by atoms with E-state index in [1.807, 2.05) is 36.4 Å². The van der Waals surface area contributed by atoms with Crippen LogP contribution < -0.4 is 5.73 Å². The maximum atomic E-state index is 6.27. The van der Waals surface area contributed by atoms with Gasteiger partial charge in [0.05, 0.1) is 28.1 Å². The van der Waals surface area contributed by atoms with Gasteiger partial charge in [-0.1, -0.05) is 23.2 Å². The second-order valence-electron chi connectivity index (χ2n) is 5.77. The van der Waals surface area contributed by atoms with Gasteiger partial charge in [-0.15, -0.1) is 0 Å². The highest BCUT2D eigenvalue weighted by Gasteiger charge is 2.13. The highest BCUT2D eigenvalue weighted by molar-refractivity contribution is 6.31. The maximum Gasteiger partial charge on any atom is 0.124 e. The Labute approximate surface area is 148 Å². The summed E-state index contributed by atoms with van der Waals surface area (Å²) >= 11 is 12.0. The molecule has 2 aromatic carbocycles. The smallest absolute Gasteiger partial charge is 0.124 e. The van der Waals surface area contributed by atoms with Gasteiger partial charge in [-0.3, -0.25) is 0 Å². The molecule has 0 saturated carbocycles. The third-order valence-electron chi connectivity index (χ3n) is 4.00. The van der Waals surface area contributed by atoms with Gasteiger partial charge in [-0.25, -0.2) is 9.97 Å². The molecular formula is C17H15Cl2N5. The monoisotopic (exact) mass is 359 g/mol. The molecule has 2 aromatic heterocycles. The van der Waals surface area contributed by atoms with Crippen molar-refractivity contribution in [3.63, 3.8) is 0 Å². The molecule has 4 rings (SSSR count). The number of nitrogens with two attached hydrogens (primary N) is 1. The fourth-order valence-corrected chi connectivity index (χ4v) is 3.10. The van der Waals surface area contributed by atoms with Crippen LogP contribution >= 0.6 is 23.2 Å². The predicted octanol–water partition coefficient (Wildman–Crippen LogP) is 4.38. The molecule has 0 bridgehead atoms. The summed E-state index contributed by atoms with van der Waals surface area (Å²) in [5.41, 5.74) is 9.87. The van der Waals surface area contributed by atoms with Crippen molar-refractivity contribution in [3.8, 4) is 0 Å².